The first-order valence-electron chi connectivity index (χ1n) is 5.54. The minimum absolute atomic E-state index is 0.0264. The van der Waals surface area contributed by atoms with Crippen molar-refractivity contribution in [2.24, 2.45) is 0 Å². The van der Waals surface area contributed by atoms with Crippen LogP contribution in [0.1, 0.15) is 21.6 Å². The first-order valence-corrected chi connectivity index (χ1v) is 5.54. The maximum atomic E-state index is 13.7. The van der Waals surface area contributed by atoms with Gasteiger partial charge in [0.15, 0.2) is 0 Å². The van der Waals surface area contributed by atoms with Crippen LogP contribution in [0.3, 0.4) is 0 Å². The molecule has 0 aliphatic rings. The highest BCUT2D eigenvalue weighted by Gasteiger charge is 2.17. The van der Waals surface area contributed by atoms with Crippen LogP contribution in [0, 0.1) is 29.9 Å². The number of benzene rings is 1. The molecule has 0 atom stereocenters. The van der Waals surface area contributed by atoms with Crippen LogP contribution in [0.2, 0.25) is 0 Å². The fraction of sp³-hybridized carbons (Fsp3) is 0.0714. The molecule has 2 aromatic rings. The van der Waals surface area contributed by atoms with Crippen LogP contribution < -0.4 is 0 Å². The van der Waals surface area contributed by atoms with Gasteiger partial charge in [-0.05, 0) is 25.1 Å². The number of nitrogens with zero attached hydrogens (tertiary/aromatic N) is 2. The molecule has 0 amide bonds. The Labute approximate surface area is 112 Å². The summed E-state index contributed by atoms with van der Waals surface area (Å²) >= 11 is 0. The zero-order valence-corrected chi connectivity index (χ0v) is 10.3. The van der Waals surface area contributed by atoms with Gasteiger partial charge in [0.05, 0.1) is 22.5 Å². The van der Waals surface area contributed by atoms with Crippen molar-refractivity contribution in [3.8, 4) is 17.3 Å². The maximum absolute atomic E-state index is 13.7. The average Bonchev–Trinajstić information content (AvgIpc) is 2.37. The van der Waals surface area contributed by atoms with E-state index >= 15 is 0 Å². The molecular weight excluding hydrogens is 266 g/mol. The molecule has 0 spiro atoms. The van der Waals surface area contributed by atoms with Gasteiger partial charge in [0.25, 0.3) is 0 Å². The summed E-state index contributed by atoms with van der Waals surface area (Å²) in [4.78, 5) is 15.1. The highest BCUT2D eigenvalue weighted by atomic mass is 19.1. The van der Waals surface area contributed by atoms with Gasteiger partial charge >= 0.3 is 5.97 Å². The first-order chi connectivity index (χ1) is 9.43. The molecule has 2 rings (SSSR count). The number of hydrogen-bond acceptors (Lipinski definition) is 3. The Bertz CT molecular complexity index is 752. The summed E-state index contributed by atoms with van der Waals surface area (Å²) in [5.74, 6) is -2.90. The fourth-order valence-electron chi connectivity index (χ4n) is 1.82. The van der Waals surface area contributed by atoms with Crippen molar-refractivity contribution in [3.05, 3.63) is 52.7 Å². The molecule has 0 saturated carbocycles. The van der Waals surface area contributed by atoms with E-state index < -0.39 is 17.6 Å². The topological polar surface area (TPSA) is 74.0 Å². The number of aromatic nitrogens is 1. The molecule has 0 saturated heterocycles. The number of pyridine rings is 1. The van der Waals surface area contributed by atoms with Gasteiger partial charge in [-0.25, -0.2) is 13.6 Å². The Morgan fingerprint density at radius 3 is 2.60 bits per heavy atom. The number of aromatic carboxylic acids is 1. The zero-order chi connectivity index (χ0) is 14.9. The van der Waals surface area contributed by atoms with Gasteiger partial charge in [-0.2, -0.15) is 5.26 Å². The van der Waals surface area contributed by atoms with Gasteiger partial charge in [0, 0.05) is 11.6 Å². The summed E-state index contributed by atoms with van der Waals surface area (Å²) in [6, 6.07) is 5.76. The van der Waals surface area contributed by atoms with E-state index in [1.165, 1.54) is 13.0 Å². The number of carboxylic acid groups (broad SMARTS) is 1. The van der Waals surface area contributed by atoms with Crippen LogP contribution in [0.15, 0.2) is 24.3 Å². The van der Waals surface area contributed by atoms with Crippen LogP contribution in [-0.4, -0.2) is 16.1 Å². The zero-order valence-electron chi connectivity index (χ0n) is 10.3. The van der Waals surface area contributed by atoms with E-state index in [2.05, 4.69) is 4.98 Å². The fourth-order valence-corrected chi connectivity index (χ4v) is 1.82. The van der Waals surface area contributed by atoms with Crippen molar-refractivity contribution in [2.75, 3.05) is 0 Å². The third-order valence-electron chi connectivity index (χ3n) is 2.75. The minimum atomic E-state index is -1.31. The second-order valence-electron chi connectivity index (χ2n) is 4.06. The Kier molecular flexibility index (Phi) is 3.44. The molecule has 0 aliphatic heterocycles. The summed E-state index contributed by atoms with van der Waals surface area (Å²) in [5, 5.41) is 18.0. The normalized spacial score (nSPS) is 10.1. The van der Waals surface area contributed by atoms with Gasteiger partial charge in [0.2, 0.25) is 0 Å². The highest BCUT2D eigenvalue weighted by Crippen LogP contribution is 2.25. The average molecular weight is 274 g/mol. The number of carboxylic acids is 1. The highest BCUT2D eigenvalue weighted by molar-refractivity contribution is 5.92. The summed E-state index contributed by atoms with van der Waals surface area (Å²) in [6.45, 7) is 1.45. The Morgan fingerprint density at radius 1 is 1.35 bits per heavy atom. The molecule has 0 radical (unpaired) electrons. The van der Waals surface area contributed by atoms with Crippen molar-refractivity contribution in [3.63, 3.8) is 0 Å². The summed E-state index contributed by atoms with van der Waals surface area (Å²) in [5.41, 5.74) is -0.161. The Morgan fingerprint density at radius 2 is 2.05 bits per heavy atom. The molecule has 1 heterocycles. The minimum Gasteiger partial charge on any atom is -0.478 e. The first kappa shape index (κ1) is 13.6. The molecule has 4 nitrogen and oxygen atoms in total. The molecule has 0 fully saturated rings. The number of hydrogen-bond donors (Lipinski definition) is 1. The van der Waals surface area contributed by atoms with Crippen LogP contribution in [0.5, 0.6) is 0 Å². The smallest absolute Gasteiger partial charge is 0.337 e. The Hall–Kier alpha value is -2.81. The predicted molar refractivity (Wildman–Crippen MR) is 66.0 cm³/mol. The SMILES string of the molecule is Cc1nc(-c2ccc(F)cc2F)cc(C(=O)O)c1C#N. The lowest BCUT2D eigenvalue weighted by molar-refractivity contribution is 0.0696. The Balaban J connectivity index is 2.71. The third kappa shape index (κ3) is 2.34. The number of aryl methyl sites for hydroxylation is 1. The van der Waals surface area contributed by atoms with Gasteiger partial charge in [-0.3, -0.25) is 4.98 Å². The van der Waals surface area contributed by atoms with Gasteiger partial charge in [0.1, 0.15) is 17.7 Å². The molecule has 1 N–H and O–H groups in total. The van der Waals surface area contributed by atoms with Crippen LogP contribution in [0.4, 0.5) is 8.78 Å². The molecule has 0 unspecified atom stereocenters. The van der Waals surface area contributed by atoms with Gasteiger partial charge < -0.3 is 5.11 Å². The second kappa shape index (κ2) is 5.05. The third-order valence-corrected chi connectivity index (χ3v) is 2.75. The van der Waals surface area contributed by atoms with Gasteiger partial charge in [-0.15, -0.1) is 0 Å². The van der Waals surface area contributed by atoms with E-state index in [-0.39, 0.29) is 28.1 Å². The largest absolute Gasteiger partial charge is 0.478 e. The van der Waals surface area contributed by atoms with Crippen molar-refractivity contribution >= 4 is 5.97 Å². The van der Waals surface area contributed by atoms with Crippen LogP contribution in [-0.2, 0) is 0 Å². The number of carbonyl (C=O) groups is 1. The number of nitriles is 1. The molecule has 100 valence electrons. The van der Waals surface area contributed by atoms with Crippen molar-refractivity contribution < 1.29 is 18.7 Å². The molecule has 20 heavy (non-hydrogen) atoms. The lowest BCUT2D eigenvalue weighted by Crippen LogP contribution is -2.05. The lowest BCUT2D eigenvalue weighted by Gasteiger charge is -2.08. The molecule has 0 bridgehead atoms. The van der Waals surface area contributed by atoms with Crippen LogP contribution in [0.25, 0.3) is 11.3 Å². The van der Waals surface area contributed by atoms with E-state index in [1.54, 1.807) is 6.07 Å². The lowest BCUT2D eigenvalue weighted by atomic mass is 10.0. The molecule has 0 aliphatic carbocycles. The molecule has 6 heteroatoms. The van der Waals surface area contributed by atoms with E-state index in [0.29, 0.717) is 6.07 Å². The van der Waals surface area contributed by atoms with E-state index in [1.807, 2.05) is 0 Å². The molecule has 1 aromatic heterocycles. The second-order valence-corrected chi connectivity index (χ2v) is 4.06. The van der Waals surface area contributed by atoms with E-state index in [4.69, 9.17) is 10.4 Å². The van der Waals surface area contributed by atoms with Crippen molar-refractivity contribution in [1.82, 2.24) is 4.98 Å². The standard InChI is InChI=1S/C14H8F2N2O2/c1-7-11(6-17)10(14(19)20)5-13(18-7)9-3-2-8(15)4-12(9)16/h2-5H,1H3,(H,19,20). The predicted octanol–water partition coefficient (Wildman–Crippen LogP) is 2.91. The molecule has 1 aromatic carbocycles. The number of rotatable bonds is 2. The number of halogens is 2. The van der Waals surface area contributed by atoms with E-state index in [0.717, 1.165) is 12.1 Å². The monoisotopic (exact) mass is 274 g/mol. The van der Waals surface area contributed by atoms with Gasteiger partial charge in [-0.1, -0.05) is 0 Å². The quantitative estimate of drug-likeness (QED) is 0.913. The van der Waals surface area contributed by atoms with E-state index in [9.17, 15) is 13.6 Å². The summed E-state index contributed by atoms with van der Waals surface area (Å²) in [6.07, 6.45) is 0. The summed E-state index contributed by atoms with van der Waals surface area (Å²) in [7, 11) is 0. The van der Waals surface area contributed by atoms with Crippen molar-refractivity contribution in [1.29, 1.82) is 5.26 Å². The van der Waals surface area contributed by atoms with Crippen LogP contribution >= 0.6 is 0 Å². The summed E-state index contributed by atoms with van der Waals surface area (Å²) < 4.78 is 26.6. The maximum Gasteiger partial charge on any atom is 0.337 e. The molecular formula is C14H8F2N2O2. The van der Waals surface area contributed by atoms with Crippen molar-refractivity contribution in [2.45, 2.75) is 6.92 Å².